The summed E-state index contributed by atoms with van der Waals surface area (Å²) in [6.07, 6.45) is 1.97. The Morgan fingerprint density at radius 2 is 1.86 bits per heavy atom. The summed E-state index contributed by atoms with van der Waals surface area (Å²) in [4.78, 5) is 53.7. The number of carbonyl (C=O) groups is 3. The van der Waals surface area contributed by atoms with Crippen molar-refractivity contribution in [1.82, 2.24) is 29.6 Å². The number of likely N-dealkylation sites (tertiary alicyclic amines) is 1. The van der Waals surface area contributed by atoms with Crippen molar-refractivity contribution in [2.75, 3.05) is 6.54 Å². The molecule has 3 aromatic heterocycles. The van der Waals surface area contributed by atoms with Gasteiger partial charge in [0.25, 0.3) is 0 Å². The van der Waals surface area contributed by atoms with Crippen LogP contribution in [0.4, 0.5) is 4.39 Å². The van der Waals surface area contributed by atoms with Gasteiger partial charge in [-0.1, -0.05) is 35.9 Å². The smallest absolute Gasteiger partial charge is 0.245 e. The van der Waals surface area contributed by atoms with Crippen LogP contribution in [0.1, 0.15) is 34.7 Å². The largest absolute Gasteiger partial charge is 0.328 e. The van der Waals surface area contributed by atoms with Crippen molar-refractivity contribution in [3.63, 3.8) is 0 Å². The zero-order chi connectivity index (χ0) is 30.2. The van der Waals surface area contributed by atoms with Gasteiger partial charge in [-0.25, -0.2) is 19.3 Å². The number of aromatic nitrogens is 5. The van der Waals surface area contributed by atoms with Gasteiger partial charge in [-0.05, 0) is 30.7 Å². The van der Waals surface area contributed by atoms with Gasteiger partial charge in [0, 0.05) is 52.7 Å². The number of aryl methyl sites for hydroxylation is 1. The first-order valence-corrected chi connectivity index (χ1v) is 14.9. The Hall–Kier alpha value is -4.35. The van der Waals surface area contributed by atoms with Crippen LogP contribution in [0.3, 0.4) is 0 Å². The molecule has 2 atom stereocenters. The fourth-order valence-corrected chi connectivity index (χ4v) is 6.35. The number of rotatable bonds is 8. The average Bonchev–Trinajstić information content (AvgIpc) is 3.71. The van der Waals surface area contributed by atoms with Crippen molar-refractivity contribution < 1.29 is 18.8 Å². The Labute approximate surface area is 255 Å². The summed E-state index contributed by atoms with van der Waals surface area (Å²) in [7, 11) is 0. The molecule has 43 heavy (non-hydrogen) atoms. The summed E-state index contributed by atoms with van der Waals surface area (Å²) in [5.74, 6) is -0.354. The molecule has 0 radical (unpaired) electrons. The number of hydrogen-bond donors (Lipinski definition) is 0. The van der Waals surface area contributed by atoms with Gasteiger partial charge in [0.15, 0.2) is 11.6 Å². The molecule has 2 aromatic carbocycles. The molecule has 0 unspecified atom stereocenters. The van der Waals surface area contributed by atoms with Crippen LogP contribution in [0.15, 0.2) is 60.2 Å². The second-order valence-corrected chi connectivity index (χ2v) is 11.8. The summed E-state index contributed by atoms with van der Waals surface area (Å²) in [5, 5.41) is 7.96. The molecular formula is C31H26ClFN6O3S. The van der Waals surface area contributed by atoms with E-state index in [-0.39, 0.29) is 43.2 Å². The molecule has 5 aromatic rings. The first-order valence-electron chi connectivity index (χ1n) is 13.6. The van der Waals surface area contributed by atoms with Crippen molar-refractivity contribution in [2.45, 2.75) is 45.4 Å². The average molecular weight is 617 g/mol. The number of Topliss-reactive ketones (excluding diaryl/α,β-unsaturated/α-hetero) is 2. The molecule has 1 aliphatic heterocycles. The predicted molar refractivity (Wildman–Crippen MR) is 162 cm³/mol. The van der Waals surface area contributed by atoms with E-state index in [1.165, 1.54) is 27.8 Å². The molecule has 9 nitrogen and oxygen atoms in total. The van der Waals surface area contributed by atoms with E-state index in [1.807, 2.05) is 35.7 Å². The van der Waals surface area contributed by atoms with Crippen molar-refractivity contribution in [2.24, 2.45) is 0 Å². The van der Waals surface area contributed by atoms with Gasteiger partial charge in [-0.3, -0.25) is 19.1 Å². The van der Waals surface area contributed by atoms with Gasteiger partial charge >= 0.3 is 0 Å². The Morgan fingerprint density at radius 1 is 1.09 bits per heavy atom. The van der Waals surface area contributed by atoms with Crippen LogP contribution in [-0.4, -0.2) is 65.9 Å². The Morgan fingerprint density at radius 3 is 2.60 bits per heavy atom. The summed E-state index contributed by atoms with van der Waals surface area (Å²) in [5.41, 5.74) is 3.78. The lowest BCUT2D eigenvalue weighted by Crippen LogP contribution is -2.43. The van der Waals surface area contributed by atoms with E-state index >= 15 is 0 Å². The molecule has 4 heterocycles. The molecule has 6 rings (SSSR count). The molecule has 218 valence electrons. The standard InChI is InChI=1S/C31H26ClFN6O3S/c1-17(40)31-23-9-19(20-12-34-18(2)35-13-20)7-8-26(23)39(37-31)15-30(42)38-14-21(33)10-27(38)28(41)11-29-36-25(16-43-29)22-5-3-4-6-24(22)32/h3-9,12-13,16,21,27H,10-11,14-15H2,1-2H3/t21-,27+/m1/s1. The Kier molecular flexibility index (Phi) is 7.85. The number of amides is 1. The lowest BCUT2D eigenvalue weighted by Gasteiger charge is -2.23. The summed E-state index contributed by atoms with van der Waals surface area (Å²) in [6, 6.07) is 11.8. The third-order valence-electron chi connectivity index (χ3n) is 7.45. The van der Waals surface area contributed by atoms with E-state index < -0.39 is 18.1 Å². The van der Waals surface area contributed by atoms with E-state index in [4.69, 9.17) is 11.6 Å². The van der Waals surface area contributed by atoms with Crippen LogP contribution in [0.5, 0.6) is 0 Å². The number of halogens is 2. The van der Waals surface area contributed by atoms with Crippen LogP contribution in [-0.2, 0) is 22.6 Å². The molecule has 0 spiro atoms. The topological polar surface area (TPSA) is 111 Å². The number of ketones is 2. The van der Waals surface area contributed by atoms with Gasteiger partial charge in [-0.15, -0.1) is 11.3 Å². The summed E-state index contributed by atoms with van der Waals surface area (Å²) in [6.45, 7) is 2.77. The van der Waals surface area contributed by atoms with Crippen LogP contribution >= 0.6 is 22.9 Å². The van der Waals surface area contributed by atoms with Gasteiger partial charge < -0.3 is 4.90 Å². The van der Waals surface area contributed by atoms with Gasteiger partial charge in [0.05, 0.1) is 30.2 Å². The molecule has 1 amide bonds. The Balaban J connectivity index is 1.22. The molecule has 1 saturated heterocycles. The number of hydrogen-bond acceptors (Lipinski definition) is 8. The molecule has 0 N–H and O–H groups in total. The number of carbonyl (C=O) groups excluding carboxylic acids is 3. The number of alkyl halides is 1. The fraction of sp³-hybridized carbons (Fsp3) is 0.258. The highest BCUT2D eigenvalue weighted by Gasteiger charge is 2.40. The zero-order valence-corrected chi connectivity index (χ0v) is 24.9. The third kappa shape index (κ3) is 5.82. The number of fused-ring (bicyclic) bond motifs is 1. The monoisotopic (exact) mass is 616 g/mol. The highest BCUT2D eigenvalue weighted by atomic mass is 35.5. The maximum Gasteiger partial charge on any atom is 0.245 e. The fourth-order valence-electron chi connectivity index (χ4n) is 5.32. The minimum Gasteiger partial charge on any atom is -0.328 e. The van der Waals surface area contributed by atoms with Crippen LogP contribution in [0.25, 0.3) is 33.3 Å². The van der Waals surface area contributed by atoms with E-state index in [0.29, 0.717) is 32.5 Å². The SMILES string of the molecule is CC(=O)c1nn(CC(=O)N2C[C@H](F)C[C@H]2C(=O)Cc2nc(-c3ccccc3Cl)cs2)c2ccc(-c3cnc(C)nc3)cc12. The quantitative estimate of drug-likeness (QED) is 0.211. The van der Waals surface area contributed by atoms with Crippen molar-refractivity contribution in [3.8, 4) is 22.4 Å². The minimum absolute atomic E-state index is 0.0268. The molecule has 1 aliphatic rings. The molecular weight excluding hydrogens is 591 g/mol. The molecule has 1 fully saturated rings. The van der Waals surface area contributed by atoms with Gasteiger partial charge in [0.1, 0.15) is 29.2 Å². The molecule has 0 aliphatic carbocycles. The minimum atomic E-state index is -1.32. The highest BCUT2D eigenvalue weighted by molar-refractivity contribution is 7.10. The van der Waals surface area contributed by atoms with Crippen molar-refractivity contribution in [3.05, 3.63) is 81.8 Å². The van der Waals surface area contributed by atoms with Crippen LogP contribution in [0.2, 0.25) is 5.02 Å². The lowest BCUT2D eigenvalue weighted by atomic mass is 10.0. The predicted octanol–water partition coefficient (Wildman–Crippen LogP) is 5.53. The number of thiazole rings is 1. The third-order valence-corrected chi connectivity index (χ3v) is 8.63. The van der Waals surface area contributed by atoms with E-state index in [1.54, 1.807) is 31.5 Å². The summed E-state index contributed by atoms with van der Waals surface area (Å²) < 4.78 is 16.1. The first-order chi connectivity index (χ1) is 20.7. The number of benzene rings is 2. The highest BCUT2D eigenvalue weighted by Crippen LogP contribution is 2.31. The Bertz CT molecular complexity index is 1870. The molecule has 12 heteroatoms. The second-order valence-electron chi connectivity index (χ2n) is 10.5. The zero-order valence-electron chi connectivity index (χ0n) is 23.3. The van der Waals surface area contributed by atoms with Crippen LogP contribution < -0.4 is 0 Å². The van der Waals surface area contributed by atoms with Gasteiger partial charge in [0.2, 0.25) is 5.91 Å². The first kappa shape index (κ1) is 28.8. The van der Waals surface area contributed by atoms with E-state index in [0.717, 1.165) is 16.7 Å². The second kappa shape index (κ2) is 11.7. The maximum absolute atomic E-state index is 14.6. The lowest BCUT2D eigenvalue weighted by molar-refractivity contribution is -0.138. The maximum atomic E-state index is 14.6. The van der Waals surface area contributed by atoms with Crippen LogP contribution in [0, 0.1) is 6.92 Å². The summed E-state index contributed by atoms with van der Waals surface area (Å²) >= 11 is 7.61. The number of nitrogens with zero attached hydrogens (tertiary/aromatic N) is 6. The normalized spacial score (nSPS) is 16.6. The van der Waals surface area contributed by atoms with E-state index in [9.17, 15) is 18.8 Å². The van der Waals surface area contributed by atoms with Crippen molar-refractivity contribution >= 4 is 51.3 Å². The molecule has 0 saturated carbocycles. The van der Waals surface area contributed by atoms with Crippen molar-refractivity contribution in [1.29, 1.82) is 0 Å². The van der Waals surface area contributed by atoms with Gasteiger partial charge in [-0.2, -0.15) is 5.10 Å². The molecule has 0 bridgehead atoms. The van der Waals surface area contributed by atoms with E-state index in [2.05, 4.69) is 20.1 Å².